The second kappa shape index (κ2) is 5.96. The smallest absolute Gasteiger partial charge is 0.224 e. The Morgan fingerprint density at radius 1 is 1.00 bits per heavy atom. The van der Waals surface area contributed by atoms with Gasteiger partial charge in [-0.3, -0.25) is 0 Å². The first-order valence-electron chi connectivity index (χ1n) is 6.30. The van der Waals surface area contributed by atoms with Crippen LogP contribution in [0.5, 0.6) is 0 Å². The van der Waals surface area contributed by atoms with Gasteiger partial charge < -0.3 is 17.2 Å². The van der Waals surface area contributed by atoms with Gasteiger partial charge in [0, 0.05) is 0 Å². The van der Waals surface area contributed by atoms with Gasteiger partial charge in [-0.15, -0.1) is 5.11 Å². The molecule has 1 aromatic heterocycles. The number of aromatic nitrogens is 2. The average Bonchev–Trinajstić information content (AvgIpc) is 2.39. The SMILES string of the molecule is CCCc1ccccc1N=Nc1c(N)nc(N)nc1N. The van der Waals surface area contributed by atoms with Gasteiger partial charge in [-0.2, -0.15) is 15.1 Å². The summed E-state index contributed by atoms with van der Waals surface area (Å²) in [7, 11) is 0. The number of nitrogen functional groups attached to an aromatic ring is 3. The third-order valence-electron chi connectivity index (χ3n) is 2.72. The van der Waals surface area contributed by atoms with Crippen molar-refractivity contribution in [2.24, 2.45) is 10.2 Å². The molecule has 0 radical (unpaired) electrons. The fourth-order valence-electron chi connectivity index (χ4n) is 1.80. The molecule has 0 aliphatic carbocycles. The second-order valence-electron chi connectivity index (χ2n) is 4.28. The maximum Gasteiger partial charge on any atom is 0.224 e. The molecule has 104 valence electrons. The molecule has 0 unspecified atom stereocenters. The number of hydrogen-bond donors (Lipinski definition) is 3. The van der Waals surface area contributed by atoms with E-state index < -0.39 is 0 Å². The van der Waals surface area contributed by atoms with Crippen LogP contribution in [0.15, 0.2) is 34.5 Å². The molecule has 2 aromatic rings. The lowest BCUT2D eigenvalue weighted by molar-refractivity contribution is 0.918. The summed E-state index contributed by atoms with van der Waals surface area (Å²) in [5.74, 6) is 0.253. The van der Waals surface area contributed by atoms with Crippen molar-refractivity contribution in [2.75, 3.05) is 17.2 Å². The van der Waals surface area contributed by atoms with Gasteiger partial charge in [0.2, 0.25) is 5.95 Å². The minimum absolute atomic E-state index is 0.0188. The Morgan fingerprint density at radius 3 is 2.30 bits per heavy atom. The number of azo groups is 1. The molecule has 0 spiro atoms. The molecule has 2 rings (SSSR count). The van der Waals surface area contributed by atoms with Crippen LogP contribution in [-0.4, -0.2) is 9.97 Å². The number of aryl methyl sites for hydroxylation is 1. The molecule has 1 heterocycles. The Morgan fingerprint density at radius 2 is 1.65 bits per heavy atom. The molecule has 0 saturated heterocycles. The van der Waals surface area contributed by atoms with Gasteiger partial charge in [-0.05, 0) is 18.1 Å². The Labute approximate surface area is 116 Å². The van der Waals surface area contributed by atoms with Crippen LogP contribution < -0.4 is 17.2 Å². The standard InChI is InChI=1S/C13H17N7/c1-2-5-8-6-3-4-7-9(8)19-20-10-11(14)17-13(16)18-12(10)15/h3-4,6-7H,2,5H2,1H3,(H6,14,15,16,17,18). The fourth-order valence-corrected chi connectivity index (χ4v) is 1.80. The molecule has 0 fully saturated rings. The summed E-state index contributed by atoms with van der Waals surface area (Å²) >= 11 is 0. The van der Waals surface area contributed by atoms with Gasteiger partial charge in [0.25, 0.3) is 0 Å². The van der Waals surface area contributed by atoms with Gasteiger partial charge >= 0.3 is 0 Å². The van der Waals surface area contributed by atoms with Crippen LogP contribution in [0.1, 0.15) is 18.9 Å². The van der Waals surface area contributed by atoms with E-state index in [2.05, 4.69) is 27.1 Å². The number of rotatable bonds is 4. The fraction of sp³-hybridized carbons (Fsp3) is 0.231. The Hall–Kier alpha value is -2.70. The molecule has 20 heavy (non-hydrogen) atoms. The van der Waals surface area contributed by atoms with E-state index in [4.69, 9.17) is 17.2 Å². The first kappa shape index (κ1) is 13.7. The van der Waals surface area contributed by atoms with Gasteiger partial charge in [0.1, 0.15) is 0 Å². The van der Waals surface area contributed by atoms with Crippen LogP contribution in [0.4, 0.5) is 29.0 Å². The van der Waals surface area contributed by atoms with Crippen molar-refractivity contribution < 1.29 is 0 Å². The summed E-state index contributed by atoms with van der Waals surface area (Å²) in [6.07, 6.45) is 1.96. The molecule has 0 bridgehead atoms. The molecule has 0 atom stereocenters. The van der Waals surface area contributed by atoms with Crippen molar-refractivity contribution in [3.8, 4) is 0 Å². The van der Waals surface area contributed by atoms with Crippen LogP contribution >= 0.6 is 0 Å². The molecule has 7 heteroatoms. The van der Waals surface area contributed by atoms with Crippen LogP contribution in [-0.2, 0) is 6.42 Å². The quantitative estimate of drug-likeness (QED) is 0.736. The Balaban J connectivity index is 2.35. The van der Waals surface area contributed by atoms with Gasteiger partial charge in [0.05, 0.1) is 5.69 Å². The first-order chi connectivity index (χ1) is 9.61. The molecule has 7 nitrogen and oxygen atoms in total. The number of hydrogen-bond acceptors (Lipinski definition) is 7. The van der Waals surface area contributed by atoms with Crippen molar-refractivity contribution in [1.29, 1.82) is 0 Å². The summed E-state index contributed by atoms with van der Waals surface area (Å²) in [6, 6.07) is 7.78. The lowest BCUT2D eigenvalue weighted by Crippen LogP contribution is -2.03. The van der Waals surface area contributed by atoms with Crippen LogP contribution in [0.2, 0.25) is 0 Å². The molecular weight excluding hydrogens is 254 g/mol. The predicted molar refractivity (Wildman–Crippen MR) is 79.9 cm³/mol. The minimum Gasteiger partial charge on any atom is -0.382 e. The van der Waals surface area contributed by atoms with Crippen molar-refractivity contribution >= 4 is 29.0 Å². The maximum absolute atomic E-state index is 5.72. The van der Waals surface area contributed by atoms with Crippen molar-refractivity contribution in [1.82, 2.24) is 9.97 Å². The van der Waals surface area contributed by atoms with Gasteiger partial charge in [-0.1, -0.05) is 31.5 Å². The number of nitrogens with two attached hydrogens (primary N) is 3. The first-order valence-corrected chi connectivity index (χ1v) is 6.30. The Kier molecular flexibility index (Phi) is 4.09. The Bertz CT molecular complexity index is 613. The van der Waals surface area contributed by atoms with E-state index in [9.17, 15) is 0 Å². The van der Waals surface area contributed by atoms with E-state index in [1.54, 1.807) is 0 Å². The summed E-state index contributed by atoms with van der Waals surface area (Å²) in [5.41, 5.74) is 19.0. The summed E-state index contributed by atoms with van der Waals surface area (Å²) in [4.78, 5) is 7.63. The molecule has 6 N–H and O–H groups in total. The monoisotopic (exact) mass is 271 g/mol. The third kappa shape index (κ3) is 3.00. The van der Waals surface area contributed by atoms with Crippen molar-refractivity contribution in [3.63, 3.8) is 0 Å². The molecule has 0 amide bonds. The zero-order chi connectivity index (χ0) is 14.5. The highest BCUT2D eigenvalue weighted by Gasteiger charge is 2.08. The average molecular weight is 271 g/mol. The number of anilines is 3. The zero-order valence-corrected chi connectivity index (χ0v) is 11.2. The van der Waals surface area contributed by atoms with Gasteiger partial charge in [-0.25, -0.2) is 0 Å². The maximum atomic E-state index is 5.72. The summed E-state index contributed by atoms with van der Waals surface area (Å²) in [6.45, 7) is 2.11. The third-order valence-corrected chi connectivity index (χ3v) is 2.72. The number of nitrogens with zero attached hydrogens (tertiary/aromatic N) is 4. The summed E-state index contributed by atoms with van der Waals surface area (Å²) in [5, 5.41) is 8.24. The van der Waals surface area contributed by atoms with E-state index >= 15 is 0 Å². The molecule has 0 saturated carbocycles. The highest BCUT2D eigenvalue weighted by molar-refractivity contribution is 5.71. The van der Waals surface area contributed by atoms with E-state index in [0.29, 0.717) is 0 Å². The molecular formula is C13H17N7. The largest absolute Gasteiger partial charge is 0.382 e. The minimum atomic E-state index is 0.0188. The molecule has 0 aliphatic rings. The highest BCUT2D eigenvalue weighted by Crippen LogP contribution is 2.29. The molecule has 0 aliphatic heterocycles. The van der Waals surface area contributed by atoms with E-state index in [-0.39, 0.29) is 23.3 Å². The topological polar surface area (TPSA) is 129 Å². The second-order valence-corrected chi connectivity index (χ2v) is 4.28. The highest BCUT2D eigenvalue weighted by atomic mass is 15.2. The van der Waals surface area contributed by atoms with Crippen molar-refractivity contribution in [3.05, 3.63) is 29.8 Å². The van der Waals surface area contributed by atoms with Crippen LogP contribution in [0.25, 0.3) is 0 Å². The lowest BCUT2D eigenvalue weighted by Gasteiger charge is -2.04. The van der Waals surface area contributed by atoms with Gasteiger partial charge in [0.15, 0.2) is 17.3 Å². The van der Waals surface area contributed by atoms with E-state index in [0.717, 1.165) is 24.1 Å². The predicted octanol–water partition coefficient (Wildman–Crippen LogP) is 2.59. The lowest BCUT2D eigenvalue weighted by atomic mass is 10.1. The normalized spacial score (nSPS) is 11.1. The zero-order valence-electron chi connectivity index (χ0n) is 11.2. The molecule has 1 aromatic carbocycles. The van der Waals surface area contributed by atoms with Crippen LogP contribution in [0.3, 0.4) is 0 Å². The van der Waals surface area contributed by atoms with Crippen molar-refractivity contribution in [2.45, 2.75) is 19.8 Å². The summed E-state index contributed by atoms with van der Waals surface area (Å²) < 4.78 is 0. The number of benzene rings is 1. The van der Waals surface area contributed by atoms with Crippen LogP contribution in [0, 0.1) is 0 Å². The van der Waals surface area contributed by atoms with E-state index in [1.165, 1.54) is 0 Å². The van der Waals surface area contributed by atoms with E-state index in [1.807, 2.05) is 24.3 Å².